The number of halogens is 3. The van der Waals surface area contributed by atoms with Crippen molar-refractivity contribution in [2.24, 2.45) is 0 Å². The lowest BCUT2D eigenvalue weighted by Gasteiger charge is -2.17. The van der Waals surface area contributed by atoms with Gasteiger partial charge in [-0.15, -0.1) is 0 Å². The minimum absolute atomic E-state index is 0.0700. The first-order valence-electron chi connectivity index (χ1n) is 8.87. The molecule has 8 heteroatoms. The van der Waals surface area contributed by atoms with Gasteiger partial charge in [-0.2, -0.15) is 13.2 Å². The molecule has 1 amide bonds. The van der Waals surface area contributed by atoms with Gasteiger partial charge in [0.05, 0.1) is 17.2 Å². The summed E-state index contributed by atoms with van der Waals surface area (Å²) < 4.78 is 38.5. The highest BCUT2D eigenvalue weighted by atomic mass is 19.4. The Labute approximate surface area is 165 Å². The molecule has 3 aromatic rings. The molecule has 2 aromatic carbocycles. The molecule has 0 aliphatic carbocycles. The number of nitrogens with one attached hydrogen (secondary N) is 1. The largest absolute Gasteiger partial charge is 0.416 e. The summed E-state index contributed by atoms with van der Waals surface area (Å²) in [6.45, 7) is -0.244. The van der Waals surface area contributed by atoms with E-state index in [1.54, 1.807) is 12.1 Å². The predicted molar refractivity (Wildman–Crippen MR) is 105 cm³/mol. The molecule has 1 heterocycles. The van der Waals surface area contributed by atoms with Crippen molar-refractivity contribution < 1.29 is 23.1 Å². The van der Waals surface area contributed by atoms with Crippen LogP contribution in [-0.2, 0) is 6.18 Å². The van der Waals surface area contributed by atoms with E-state index in [1.165, 1.54) is 12.1 Å². The highest BCUT2D eigenvalue weighted by Crippen LogP contribution is 2.30. The van der Waals surface area contributed by atoms with Gasteiger partial charge in [-0.1, -0.05) is 30.3 Å². The van der Waals surface area contributed by atoms with E-state index in [9.17, 15) is 23.1 Å². The molecule has 3 rings (SSSR count). The van der Waals surface area contributed by atoms with Crippen LogP contribution in [0, 0.1) is 0 Å². The van der Waals surface area contributed by atoms with Gasteiger partial charge >= 0.3 is 6.18 Å². The molecule has 1 atom stereocenters. The van der Waals surface area contributed by atoms with Gasteiger partial charge in [0.1, 0.15) is 5.69 Å². The summed E-state index contributed by atoms with van der Waals surface area (Å²) in [5.41, 5.74) is 0.817. The van der Waals surface area contributed by atoms with E-state index in [4.69, 9.17) is 0 Å². The Morgan fingerprint density at radius 3 is 2.55 bits per heavy atom. The molecule has 5 nitrogen and oxygen atoms in total. The Morgan fingerprint density at radius 1 is 1.14 bits per heavy atom. The van der Waals surface area contributed by atoms with Gasteiger partial charge in [0.2, 0.25) is 0 Å². The number of hydrogen-bond acceptors (Lipinski definition) is 4. The number of rotatable bonds is 5. The van der Waals surface area contributed by atoms with Crippen molar-refractivity contribution in [1.29, 1.82) is 0 Å². The molecular formula is C21H20F3N3O2. The van der Waals surface area contributed by atoms with E-state index in [2.05, 4.69) is 10.3 Å². The van der Waals surface area contributed by atoms with Crippen molar-refractivity contribution in [2.75, 3.05) is 25.5 Å². The van der Waals surface area contributed by atoms with Crippen molar-refractivity contribution in [1.82, 2.24) is 10.3 Å². The zero-order valence-electron chi connectivity index (χ0n) is 15.9. The van der Waals surface area contributed by atoms with Crippen LogP contribution in [0.5, 0.6) is 0 Å². The number of nitrogens with zero attached hydrogens (tertiary/aromatic N) is 2. The number of aliphatic hydroxyl groups excluding tert-OH is 1. The van der Waals surface area contributed by atoms with Crippen LogP contribution in [0.25, 0.3) is 10.9 Å². The zero-order valence-corrected chi connectivity index (χ0v) is 15.9. The molecular weight excluding hydrogens is 383 g/mol. The van der Waals surface area contributed by atoms with Gasteiger partial charge in [0, 0.05) is 31.7 Å². The van der Waals surface area contributed by atoms with E-state index in [-0.39, 0.29) is 17.8 Å². The minimum atomic E-state index is -4.50. The number of aliphatic hydroxyl groups is 1. The summed E-state index contributed by atoms with van der Waals surface area (Å²) >= 11 is 0. The molecule has 0 spiro atoms. The van der Waals surface area contributed by atoms with Crippen LogP contribution < -0.4 is 10.2 Å². The van der Waals surface area contributed by atoms with E-state index in [0.717, 1.165) is 23.2 Å². The van der Waals surface area contributed by atoms with Crippen molar-refractivity contribution in [2.45, 2.75) is 12.3 Å². The lowest BCUT2D eigenvalue weighted by molar-refractivity contribution is -0.137. The molecule has 1 aromatic heterocycles. The first-order chi connectivity index (χ1) is 13.7. The van der Waals surface area contributed by atoms with Crippen LogP contribution >= 0.6 is 0 Å². The third kappa shape index (κ3) is 4.65. The van der Waals surface area contributed by atoms with Crippen LogP contribution in [-0.4, -0.2) is 36.6 Å². The predicted octanol–water partition coefficient (Wildman–Crippen LogP) is 3.78. The van der Waals surface area contributed by atoms with Crippen molar-refractivity contribution in [3.05, 3.63) is 71.4 Å². The topological polar surface area (TPSA) is 65.5 Å². The number of anilines is 1. The van der Waals surface area contributed by atoms with E-state index < -0.39 is 23.8 Å². The summed E-state index contributed by atoms with van der Waals surface area (Å²) in [6.07, 6.45) is -5.79. The number of fused-ring (bicyclic) bond motifs is 1. The number of alkyl halides is 3. The van der Waals surface area contributed by atoms with Crippen LogP contribution in [0.4, 0.5) is 18.9 Å². The maximum atomic E-state index is 12.8. The Morgan fingerprint density at radius 2 is 1.86 bits per heavy atom. The van der Waals surface area contributed by atoms with Crippen molar-refractivity contribution in [3.63, 3.8) is 0 Å². The molecule has 29 heavy (non-hydrogen) atoms. The second-order valence-electron chi connectivity index (χ2n) is 6.79. The third-order valence-electron chi connectivity index (χ3n) is 4.46. The van der Waals surface area contributed by atoms with Gasteiger partial charge in [-0.25, -0.2) is 4.98 Å². The van der Waals surface area contributed by atoms with E-state index in [0.29, 0.717) is 5.52 Å². The van der Waals surface area contributed by atoms with Crippen LogP contribution in [0.3, 0.4) is 0 Å². The molecule has 0 unspecified atom stereocenters. The maximum absolute atomic E-state index is 12.8. The third-order valence-corrected chi connectivity index (χ3v) is 4.46. The Kier molecular flexibility index (Phi) is 5.74. The fourth-order valence-electron chi connectivity index (χ4n) is 2.96. The molecule has 0 saturated heterocycles. The molecule has 0 radical (unpaired) electrons. The summed E-state index contributed by atoms with van der Waals surface area (Å²) in [5, 5.41) is 13.6. The number of hydrogen-bond donors (Lipinski definition) is 2. The number of carbonyl (C=O) groups excluding carboxylic acids is 1. The fraction of sp³-hybridized carbons (Fsp3) is 0.238. The Bertz CT molecular complexity index is 1040. The first-order valence-corrected chi connectivity index (χ1v) is 8.87. The number of pyridine rings is 1. The maximum Gasteiger partial charge on any atom is 0.416 e. The van der Waals surface area contributed by atoms with E-state index in [1.807, 2.05) is 37.2 Å². The molecule has 0 saturated carbocycles. The fourth-order valence-corrected chi connectivity index (χ4v) is 2.96. The first kappa shape index (κ1) is 20.6. The van der Waals surface area contributed by atoms with E-state index >= 15 is 0 Å². The average Bonchev–Trinajstić information content (AvgIpc) is 2.70. The number of amides is 1. The molecule has 152 valence electrons. The van der Waals surface area contributed by atoms with Gasteiger partial charge in [-0.05, 0) is 29.8 Å². The highest BCUT2D eigenvalue weighted by molar-refractivity contribution is 5.99. The molecule has 0 bridgehead atoms. The summed E-state index contributed by atoms with van der Waals surface area (Å²) in [6, 6.07) is 13.4. The second kappa shape index (κ2) is 8.08. The average molecular weight is 403 g/mol. The molecule has 0 aliphatic heterocycles. The quantitative estimate of drug-likeness (QED) is 0.681. The Hall–Kier alpha value is -3.13. The lowest BCUT2D eigenvalue weighted by atomic mass is 10.1. The number of para-hydroxylation sites is 1. The normalized spacial score (nSPS) is 12.6. The van der Waals surface area contributed by atoms with Gasteiger partial charge in [0.15, 0.2) is 0 Å². The standard InChI is InChI=1S/C21H20F3N3O2/c1-27(2)18-11-17(26-16-9-4-3-8-15(16)18)20(29)25-12-19(28)13-6-5-7-14(10-13)21(22,23)24/h3-11,19,28H,12H2,1-2H3,(H,25,29)/t19-/m0/s1. The zero-order chi connectivity index (χ0) is 21.2. The summed E-state index contributed by atoms with van der Waals surface area (Å²) in [5.74, 6) is -0.523. The van der Waals surface area contributed by atoms with Gasteiger partial charge in [0.25, 0.3) is 5.91 Å². The molecule has 0 aliphatic rings. The minimum Gasteiger partial charge on any atom is -0.387 e. The van der Waals surface area contributed by atoms with Crippen LogP contribution in [0.15, 0.2) is 54.6 Å². The monoisotopic (exact) mass is 403 g/mol. The van der Waals surface area contributed by atoms with Gasteiger partial charge in [-0.3, -0.25) is 4.79 Å². The SMILES string of the molecule is CN(C)c1cc(C(=O)NC[C@H](O)c2cccc(C(F)(F)F)c2)nc2ccccc12. The van der Waals surface area contributed by atoms with Gasteiger partial charge < -0.3 is 15.3 Å². The highest BCUT2D eigenvalue weighted by Gasteiger charge is 2.30. The molecule has 0 fully saturated rings. The second-order valence-corrected chi connectivity index (χ2v) is 6.79. The summed E-state index contributed by atoms with van der Waals surface area (Å²) in [7, 11) is 3.70. The number of carbonyl (C=O) groups is 1. The number of aromatic nitrogens is 1. The number of benzene rings is 2. The van der Waals surface area contributed by atoms with Crippen molar-refractivity contribution >= 4 is 22.5 Å². The smallest absolute Gasteiger partial charge is 0.387 e. The summed E-state index contributed by atoms with van der Waals surface area (Å²) in [4.78, 5) is 18.7. The molecule has 2 N–H and O–H groups in total. The lowest BCUT2D eigenvalue weighted by Crippen LogP contribution is -2.29. The van der Waals surface area contributed by atoms with Crippen LogP contribution in [0.1, 0.15) is 27.7 Å². The van der Waals surface area contributed by atoms with Crippen molar-refractivity contribution in [3.8, 4) is 0 Å². The van der Waals surface area contributed by atoms with Crippen LogP contribution in [0.2, 0.25) is 0 Å². The Balaban J connectivity index is 1.77.